The highest BCUT2D eigenvalue weighted by atomic mass is 32.2. The third-order valence-corrected chi connectivity index (χ3v) is 3.55. The van der Waals surface area contributed by atoms with Crippen LogP contribution in [0.3, 0.4) is 0 Å². The largest absolute Gasteiger partial charge is 0.460 e. The average molecular weight is 472 g/mol. The van der Waals surface area contributed by atoms with Crippen LogP contribution < -0.4 is 0 Å². The molecule has 0 bridgehead atoms. The van der Waals surface area contributed by atoms with Crippen molar-refractivity contribution in [1.82, 2.24) is 0 Å². The van der Waals surface area contributed by atoms with Crippen LogP contribution in [0.5, 0.6) is 0 Å². The van der Waals surface area contributed by atoms with Crippen molar-refractivity contribution in [3.05, 3.63) is 12.1 Å². The Bertz CT molecular complexity index is 710. The van der Waals surface area contributed by atoms with Crippen LogP contribution in [0, 0.1) is 0 Å². The van der Waals surface area contributed by atoms with E-state index in [-0.39, 0.29) is 0 Å². The topological polar surface area (TPSA) is 72.8 Å². The smallest absolute Gasteiger partial charge is 0.457 e. The van der Waals surface area contributed by atoms with Gasteiger partial charge in [0.2, 0.25) is 0 Å². The van der Waals surface area contributed by atoms with Gasteiger partial charge in [0, 0.05) is 0 Å². The van der Waals surface area contributed by atoms with Crippen LogP contribution in [0.1, 0.15) is 6.92 Å². The molecular formula is C9H5F13O5S. The monoisotopic (exact) mass is 472 g/mol. The molecule has 0 saturated carbocycles. The Morgan fingerprint density at radius 1 is 0.893 bits per heavy atom. The van der Waals surface area contributed by atoms with E-state index in [9.17, 15) is 65.5 Å². The Morgan fingerprint density at radius 2 is 1.29 bits per heavy atom. The molecule has 0 spiro atoms. The van der Waals surface area contributed by atoms with Crippen LogP contribution >= 0.6 is 0 Å². The second kappa shape index (κ2) is 7.39. The van der Waals surface area contributed by atoms with Gasteiger partial charge in [0.15, 0.2) is 6.10 Å². The number of rotatable bonds is 8. The molecule has 0 aliphatic heterocycles. The first-order chi connectivity index (χ1) is 12.0. The fourth-order valence-electron chi connectivity index (χ4n) is 1.24. The van der Waals surface area contributed by atoms with Crippen molar-refractivity contribution in [3.8, 4) is 0 Å². The number of halogens is 13. The molecule has 0 aromatic heterocycles. The summed E-state index contributed by atoms with van der Waals surface area (Å²) in [5.41, 5.74) is 0. The van der Waals surface area contributed by atoms with Crippen molar-refractivity contribution < 1.29 is 79.5 Å². The van der Waals surface area contributed by atoms with Crippen molar-refractivity contribution in [1.29, 1.82) is 0 Å². The molecule has 0 aliphatic rings. The standard InChI is InChI=1S/C9H5F13O5S/c1-2(26-4(12)3(10)11)5(13,14)6(15,7(16,17)18)27-8(19,20)9(21,22)28(23,24)25/h2H,1H3,(H,23,24,25). The predicted octanol–water partition coefficient (Wildman–Crippen LogP) is 4.38. The molecule has 0 saturated heterocycles. The quantitative estimate of drug-likeness (QED) is 0.323. The summed E-state index contributed by atoms with van der Waals surface area (Å²) in [7, 11) is -7.36. The number of ether oxygens (including phenoxy) is 2. The highest BCUT2D eigenvalue weighted by Crippen LogP contribution is 2.53. The van der Waals surface area contributed by atoms with Gasteiger partial charge in [-0.05, 0) is 6.92 Å². The molecule has 0 heterocycles. The summed E-state index contributed by atoms with van der Waals surface area (Å²) in [4.78, 5) is 0. The Balaban J connectivity index is 6.40. The molecule has 0 fully saturated rings. The minimum Gasteiger partial charge on any atom is -0.457 e. The molecule has 168 valence electrons. The second-order valence-corrected chi connectivity index (χ2v) is 6.08. The SMILES string of the molecule is CC(OC(F)=C(F)F)C(F)(F)C(F)(OC(F)(F)C(F)(F)S(=O)(=O)O)C(F)(F)F. The molecule has 19 heteroatoms. The first kappa shape index (κ1) is 26.5. The summed E-state index contributed by atoms with van der Waals surface area (Å²) in [6.07, 6.45) is -22.3. The van der Waals surface area contributed by atoms with Crippen molar-refractivity contribution >= 4 is 10.1 Å². The highest BCUT2D eigenvalue weighted by Gasteiger charge is 2.82. The van der Waals surface area contributed by atoms with Gasteiger partial charge in [-0.25, -0.2) is 0 Å². The van der Waals surface area contributed by atoms with Crippen LogP contribution in [0.2, 0.25) is 0 Å². The molecule has 0 radical (unpaired) electrons. The maximum atomic E-state index is 13.8. The third-order valence-electron chi connectivity index (χ3n) is 2.66. The molecule has 5 nitrogen and oxygen atoms in total. The lowest BCUT2D eigenvalue weighted by molar-refractivity contribution is -0.484. The molecule has 2 atom stereocenters. The fraction of sp³-hybridized carbons (Fsp3) is 0.778. The molecule has 0 aliphatic carbocycles. The molecule has 28 heavy (non-hydrogen) atoms. The van der Waals surface area contributed by atoms with E-state index in [0.29, 0.717) is 0 Å². The van der Waals surface area contributed by atoms with Crippen LogP contribution in [-0.2, 0) is 19.6 Å². The van der Waals surface area contributed by atoms with E-state index in [0.717, 1.165) is 0 Å². The van der Waals surface area contributed by atoms with Crippen molar-refractivity contribution in [2.75, 3.05) is 0 Å². The zero-order valence-electron chi connectivity index (χ0n) is 12.5. The Morgan fingerprint density at radius 3 is 1.57 bits per heavy atom. The summed E-state index contributed by atoms with van der Waals surface area (Å²) < 4.78 is 199. The molecule has 0 aromatic carbocycles. The zero-order chi connectivity index (χ0) is 23.1. The van der Waals surface area contributed by atoms with E-state index in [4.69, 9.17) is 4.55 Å². The zero-order valence-corrected chi connectivity index (χ0v) is 13.3. The van der Waals surface area contributed by atoms with Gasteiger partial charge in [0.25, 0.3) is 0 Å². The van der Waals surface area contributed by atoms with E-state index in [1.165, 1.54) is 0 Å². The maximum absolute atomic E-state index is 13.8. The van der Waals surface area contributed by atoms with Gasteiger partial charge in [-0.1, -0.05) is 0 Å². The maximum Gasteiger partial charge on any atom is 0.460 e. The number of hydrogen-bond acceptors (Lipinski definition) is 4. The van der Waals surface area contributed by atoms with Gasteiger partial charge in [-0.15, -0.1) is 0 Å². The summed E-state index contributed by atoms with van der Waals surface area (Å²) >= 11 is 0. The first-order valence-electron chi connectivity index (χ1n) is 5.89. The molecule has 1 N–H and O–H groups in total. The Labute approximate surface area is 145 Å². The molecule has 0 rings (SSSR count). The van der Waals surface area contributed by atoms with Crippen LogP contribution in [0.4, 0.5) is 57.1 Å². The molecule has 0 aromatic rings. The van der Waals surface area contributed by atoms with Gasteiger partial charge in [0.05, 0.1) is 0 Å². The third kappa shape index (κ3) is 4.56. The number of hydrogen-bond donors (Lipinski definition) is 1. The average Bonchev–Trinajstić information content (AvgIpc) is 2.43. The summed E-state index contributed by atoms with van der Waals surface area (Å²) in [5.74, 6) is -13.9. The van der Waals surface area contributed by atoms with E-state index >= 15 is 0 Å². The minimum atomic E-state index is -7.39. The normalized spacial score (nSPS) is 17.7. The fourth-order valence-corrected chi connectivity index (χ4v) is 1.58. The highest BCUT2D eigenvalue weighted by molar-refractivity contribution is 7.86. The van der Waals surface area contributed by atoms with Gasteiger partial charge >= 0.3 is 51.5 Å². The Hall–Kier alpha value is -1.50. The van der Waals surface area contributed by atoms with Gasteiger partial charge in [-0.2, -0.15) is 65.5 Å². The Kier molecular flexibility index (Phi) is 7.00. The van der Waals surface area contributed by atoms with Crippen LogP contribution in [0.15, 0.2) is 12.1 Å². The van der Waals surface area contributed by atoms with Crippen molar-refractivity contribution in [3.63, 3.8) is 0 Å². The van der Waals surface area contributed by atoms with Gasteiger partial charge < -0.3 is 4.74 Å². The lowest BCUT2D eigenvalue weighted by Crippen LogP contribution is -2.66. The molecule has 2 unspecified atom stereocenters. The molecular weight excluding hydrogens is 467 g/mol. The van der Waals surface area contributed by atoms with E-state index in [1.54, 1.807) is 4.74 Å². The molecule has 0 amide bonds. The minimum absolute atomic E-state index is 0.481. The van der Waals surface area contributed by atoms with E-state index < -0.39 is 64.6 Å². The van der Waals surface area contributed by atoms with Crippen molar-refractivity contribution in [2.45, 2.75) is 42.3 Å². The van der Waals surface area contributed by atoms with Gasteiger partial charge in [-0.3, -0.25) is 9.29 Å². The first-order valence-corrected chi connectivity index (χ1v) is 7.33. The predicted molar refractivity (Wildman–Crippen MR) is 58.3 cm³/mol. The van der Waals surface area contributed by atoms with E-state index in [2.05, 4.69) is 4.74 Å². The van der Waals surface area contributed by atoms with Crippen LogP contribution in [-0.4, -0.2) is 48.4 Å². The second-order valence-electron chi connectivity index (χ2n) is 4.62. The van der Waals surface area contributed by atoms with E-state index in [1.807, 2.05) is 0 Å². The van der Waals surface area contributed by atoms with Crippen LogP contribution in [0.25, 0.3) is 0 Å². The van der Waals surface area contributed by atoms with Gasteiger partial charge in [0.1, 0.15) is 0 Å². The number of alkyl halides is 10. The lowest BCUT2D eigenvalue weighted by atomic mass is 10.0. The summed E-state index contributed by atoms with van der Waals surface area (Å²) in [6, 6.07) is -3.31. The lowest BCUT2D eigenvalue weighted by Gasteiger charge is -2.39. The summed E-state index contributed by atoms with van der Waals surface area (Å²) in [6.45, 7) is -0.481. The van der Waals surface area contributed by atoms with Crippen molar-refractivity contribution in [2.24, 2.45) is 0 Å². The summed E-state index contributed by atoms with van der Waals surface area (Å²) in [5, 5.41) is -7.10.